The van der Waals surface area contributed by atoms with Gasteiger partial charge in [-0.05, 0) is 36.4 Å². The van der Waals surface area contributed by atoms with Gasteiger partial charge in [0.2, 0.25) is 5.91 Å². The molecule has 0 aromatic heterocycles. The van der Waals surface area contributed by atoms with E-state index in [9.17, 15) is 4.79 Å². The number of hydrogen-bond acceptors (Lipinski definition) is 3. The third-order valence-corrected chi connectivity index (χ3v) is 3.53. The largest absolute Gasteiger partial charge is 0.397 e. The number of carbonyl (C=O) groups excluding carboxylic acids is 1. The molecule has 0 saturated carbocycles. The number of hydrogen-bond donors (Lipinski definition) is 2. The summed E-state index contributed by atoms with van der Waals surface area (Å²) in [6.45, 7) is 0.801. The summed E-state index contributed by atoms with van der Waals surface area (Å²) >= 11 is 0. The molecule has 2 aromatic carbocycles. The minimum absolute atomic E-state index is 0.0690. The Bertz CT molecular complexity index is 667. The van der Waals surface area contributed by atoms with Crippen molar-refractivity contribution in [1.82, 2.24) is 5.32 Å². The number of anilines is 3. The van der Waals surface area contributed by atoms with Crippen molar-refractivity contribution in [3.63, 3.8) is 0 Å². The number of nitrogens with one attached hydrogen (secondary N) is 1. The lowest BCUT2D eigenvalue weighted by atomic mass is 10.1. The number of amides is 1. The molecular formula is C16H17N3O. The molecule has 1 heterocycles. The molecule has 4 nitrogen and oxygen atoms in total. The monoisotopic (exact) mass is 267 g/mol. The minimum Gasteiger partial charge on any atom is -0.397 e. The van der Waals surface area contributed by atoms with Crippen LogP contribution in [0.25, 0.3) is 0 Å². The van der Waals surface area contributed by atoms with Gasteiger partial charge in [-0.2, -0.15) is 0 Å². The molecule has 1 aliphatic rings. The van der Waals surface area contributed by atoms with E-state index >= 15 is 0 Å². The summed E-state index contributed by atoms with van der Waals surface area (Å²) in [5.41, 5.74) is 10.6. The number of fused-ring (bicyclic) bond motifs is 1. The quantitative estimate of drug-likeness (QED) is 0.838. The predicted molar refractivity (Wildman–Crippen MR) is 80.9 cm³/mol. The van der Waals surface area contributed by atoms with Crippen molar-refractivity contribution in [2.75, 3.05) is 17.7 Å². The standard InChI is InChI=1S/C16H17N3O/c1-18-10-11-6-7-14-12(8-11)9-16(20)19(14)15-5-3-2-4-13(15)17/h2-8,18H,9-10,17H2,1H3. The van der Waals surface area contributed by atoms with E-state index in [2.05, 4.69) is 11.4 Å². The van der Waals surface area contributed by atoms with Gasteiger partial charge < -0.3 is 11.1 Å². The Kier molecular flexibility index (Phi) is 3.16. The first-order valence-electron chi connectivity index (χ1n) is 6.64. The van der Waals surface area contributed by atoms with Crippen LogP contribution in [-0.2, 0) is 17.8 Å². The molecule has 1 amide bonds. The van der Waals surface area contributed by atoms with Gasteiger partial charge in [-0.1, -0.05) is 24.3 Å². The summed E-state index contributed by atoms with van der Waals surface area (Å²) in [7, 11) is 1.91. The Hall–Kier alpha value is -2.33. The lowest BCUT2D eigenvalue weighted by molar-refractivity contribution is -0.116. The molecule has 3 rings (SSSR count). The van der Waals surface area contributed by atoms with Gasteiger partial charge in [0.1, 0.15) is 0 Å². The highest BCUT2D eigenvalue weighted by Gasteiger charge is 2.29. The van der Waals surface area contributed by atoms with Crippen LogP contribution < -0.4 is 16.0 Å². The number of para-hydroxylation sites is 2. The molecule has 0 radical (unpaired) electrons. The number of nitrogens with two attached hydrogens (primary N) is 1. The van der Waals surface area contributed by atoms with E-state index < -0.39 is 0 Å². The summed E-state index contributed by atoms with van der Waals surface area (Å²) in [5, 5.41) is 3.12. The summed E-state index contributed by atoms with van der Waals surface area (Å²) in [6.07, 6.45) is 0.432. The number of nitrogens with zero attached hydrogens (tertiary/aromatic N) is 1. The van der Waals surface area contributed by atoms with Gasteiger partial charge >= 0.3 is 0 Å². The normalized spacial score (nSPS) is 13.7. The first-order chi connectivity index (χ1) is 9.70. The molecule has 0 aliphatic carbocycles. The Morgan fingerprint density at radius 1 is 1.20 bits per heavy atom. The predicted octanol–water partition coefficient (Wildman–Crippen LogP) is 2.21. The topological polar surface area (TPSA) is 58.4 Å². The molecule has 2 aromatic rings. The first-order valence-corrected chi connectivity index (χ1v) is 6.64. The van der Waals surface area contributed by atoms with Gasteiger partial charge in [0.05, 0.1) is 23.5 Å². The van der Waals surface area contributed by atoms with Gasteiger partial charge in [0.15, 0.2) is 0 Å². The van der Waals surface area contributed by atoms with Gasteiger partial charge in [0, 0.05) is 6.54 Å². The van der Waals surface area contributed by atoms with E-state index in [1.165, 1.54) is 5.56 Å². The van der Waals surface area contributed by atoms with Crippen molar-refractivity contribution in [2.24, 2.45) is 0 Å². The molecule has 102 valence electrons. The van der Waals surface area contributed by atoms with Gasteiger partial charge in [-0.15, -0.1) is 0 Å². The molecule has 0 fully saturated rings. The van der Waals surface area contributed by atoms with E-state index in [-0.39, 0.29) is 5.91 Å². The van der Waals surface area contributed by atoms with Gasteiger partial charge in [-0.25, -0.2) is 0 Å². The zero-order valence-electron chi connectivity index (χ0n) is 11.4. The van der Waals surface area contributed by atoms with Crippen LogP contribution in [0.15, 0.2) is 42.5 Å². The summed E-state index contributed by atoms with van der Waals surface area (Å²) in [6, 6.07) is 13.6. The first kappa shape index (κ1) is 12.7. The summed E-state index contributed by atoms with van der Waals surface area (Å²) in [5.74, 6) is 0.0690. The van der Waals surface area contributed by atoms with Crippen molar-refractivity contribution in [3.05, 3.63) is 53.6 Å². The van der Waals surface area contributed by atoms with E-state index in [4.69, 9.17) is 5.73 Å². The highest BCUT2D eigenvalue weighted by molar-refractivity contribution is 6.09. The fourth-order valence-electron chi connectivity index (χ4n) is 2.64. The van der Waals surface area contributed by atoms with E-state index in [1.54, 1.807) is 4.90 Å². The molecule has 1 aliphatic heterocycles. The molecule has 0 unspecified atom stereocenters. The van der Waals surface area contributed by atoms with Crippen molar-refractivity contribution in [1.29, 1.82) is 0 Å². The van der Waals surface area contributed by atoms with Crippen LogP contribution in [0.1, 0.15) is 11.1 Å². The molecule has 20 heavy (non-hydrogen) atoms. The maximum Gasteiger partial charge on any atom is 0.236 e. The van der Waals surface area contributed by atoms with E-state index in [0.29, 0.717) is 12.1 Å². The zero-order chi connectivity index (χ0) is 14.1. The lowest BCUT2D eigenvalue weighted by Crippen LogP contribution is -2.21. The molecule has 0 bridgehead atoms. The maximum atomic E-state index is 12.3. The second kappa shape index (κ2) is 4.98. The molecule has 0 atom stereocenters. The second-order valence-corrected chi connectivity index (χ2v) is 4.96. The second-order valence-electron chi connectivity index (χ2n) is 4.96. The average Bonchev–Trinajstić information content (AvgIpc) is 2.75. The summed E-state index contributed by atoms with van der Waals surface area (Å²) in [4.78, 5) is 14.0. The van der Waals surface area contributed by atoms with Gasteiger partial charge in [-0.3, -0.25) is 9.69 Å². The SMILES string of the molecule is CNCc1ccc2c(c1)CC(=O)N2c1ccccc1N. The highest BCUT2D eigenvalue weighted by atomic mass is 16.2. The Morgan fingerprint density at radius 3 is 2.75 bits per heavy atom. The van der Waals surface area contributed by atoms with Crippen molar-refractivity contribution < 1.29 is 4.79 Å². The maximum absolute atomic E-state index is 12.3. The third-order valence-electron chi connectivity index (χ3n) is 3.53. The number of rotatable bonds is 3. The summed E-state index contributed by atoms with van der Waals surface area (Å²) < 4.78 is 0. The fraction of sp³-hybridized carbons (Fsp3) is 0.188. The zero-order valence-corrected chi connectivity index (χ0v) is 11.4. The van der Waals surface area contributed by atoms with Crippen molar-refractivity contribution in [3.8, 4) is 0 Å². The Morgan fingerprint density at radius 2 is 2.00 bits per heavy atom. The minimum atomic E-state index is 0.0690. The molecule has 0 spiro atoms. The van der Waals surface area contributed by atoms with Crippen molar-refractivity contribution >= 4 is 23.0 Å². The average molecular weight is 267 g/mol. The van der Waals surface area contributed by atoms with Crippen LogP contribution in [-0.4, -0.2) is 13.0 Å². The fourth-order valence-corrected chi connectivity index (χ4v) is 2.64. The number of nitrogen functional groups attached to an aromatic ring is 1. The lowest BCUT2D eigenvalue weighted by Gasteiger charge is -2.19. The molecular weight excluding hydrogens is 250 g/mol. The van der Waals surface area contributed by atoms with E-state index in [1.807, 2.05) is 43.4 Å². The third kappa shape index (κ3) is 2.04. The van der Waals surface area contributed by atoms with Crippen LogP contribution in [0, 0.1) is 0 Å². The van der Waals surface area contributed by atoms with E-state index in [0.717, 1.165) is 23.5 Å². The Labute approximate surface area is 118 Å². The molecule has 3 N–H and O–H groups in total. The number of carbonyl (C=O) groups is 1. The van der Waals surface area contributed by atoms with Crippen LogP contribution in [0.4, 0.5) is 17.1 Å². The Balaban J connectivity index is 2.05. The van der Waals surface area contributed by atoms with Crippen LogP contribution in [0.2, 0.25) is 0 Å². The molecule has 0 saturated heterocycles. The van der Waals surface area contributed by atoms with Crippen molar-refractivity contribution in [2.45, 2.75) is 13.0 Å². The van der Waals surface area contributed by atoms with Crippen LogP contribution >= 0.6 is 0 Å². The molecule has 4 heteroatoms. The smallest absolute Gasteiger partial charge is 0.236 e. The highest BCUT2D eigenvalue weighted by Crippen LogP contribution is 2.38. The number of benzene rings is 2. The van der Waals surface area contributed by atoms with Crippen LogP contribution in [0.3, 0.4) is 0 Å². The van der Waals surface area contributed by atoms with Gasteiger partial charge in [0.25, 0.3) is 0 Å². The van der Waals surface area contributed by atoms with Crippen LogP contribution in [0.5, 0.6) is 0 Å².